The lowest BCUT2D eigenvalue weighted by atomic mass is 10.1. The number of rotatable bonds is 6. The zero-order valence-corrected chi connectivity index (χ0v) is 15.2. The van der Waals surface area contributed by atoms with Crippen LogP contribution in [0, 0.1) is 13.8 Å². The molecule has 2 rings (SSSR count). The molecule has 2 aromatic rings. The standard InChI is InChI=1S/C18H22N4O4/c1-11-6-5-7-12(2)16(11)21-15(23)9-19-17(24)13(3)26-18(25)14-8-20-22(4)10-14/h5-8,10,13H,9H2,1-4H3,(H,19,24)(H,21,23)/t13-/m0/s1. The zero-order valence-electron chi connectivity index (χ0n) is 15.2. The van der Waals surface area contributed by atoms with Crippen LogP contribution in [0.25, 0.3) is 0 Å². The quantitative estimate of drug-likeness (QED) is 0.759. The van der Waals surface area contributed by atoms with Crippen molar-refractivity contribution in [1.29, 1.82) is 0 Å². The highest BCUT2D eigenvalue weighted by atomic mass is 16.5. The average molecular weight is 358 g/mol. The molecule has 2 N–H and O–H groups in total. The molecule has 2 amide bonds. The van der Waals surface area contributed by atoms with Gasteiger partial charge in [0.05, 0.1) is 18.3 Å². The molecule has 0 unspecified atom stereocenters. The SMILES string of the molecule is Cc1cccc(C)c1NC(=O)CNC(=O)[C@H](C)OC(=O)c1cnn(C)c1. The molecule has 8 nitrogen and oxygen atoms in total. The lowest BCUT2D eigenvalue weighted by Gasteiger charge is -2.14. The molecule has 0 radical (unpaired) electrons. The highest BCUT2D eigenvalue weighted by Gasteiger charge is 2.20. The Labute approximate surface area is 151 Å². The number of carbonyl (C=O) groups is 3. The third-order valence-corrected chi connectivity index (χ3v) is 3.76. The van der Waals surface area contributed by atoms with Crippen LogP contribution in [0.15, 0.2) is 30.6 Å². The van der Waals surface area contributed by atoms with Gasteiger partial charge in [0, 0.05) is 18.9 Å². The van der Waals surface area contributed by atoms with Gasteiger partial charge in [-0.2, -0.15) is 5.10 Å². The fourth-order valence-electron chi connectivity index (χ4n) is 2.32. The Morgan fingerprint density at radius 2 is 1.88 bits per heavy atom. The number of hydrogen-bond donors (Lipinski definition) is 2. The molecule has 1 atom stereocenters. The summed E-state index contributed by atoms with van der Waals surface area (Å²) in [4.78, 5) is 36.0. The Morgan fingerprint density at radius 1 is 1.23 bits per heavy atom. The molecular weight excluding hydrogens is 336 g/mol. The number of aromatic nitrogens is 2. The second-order valence-electron chi connectivity index (χ2n) is 5.98. The minimum atomic E-state index is -1.03. The highest BCUT2D eigenvalue weighted by molar-refractivity contribution is 5.97. The Bertz CT molecular complexity index is 808. The van der Waals surface area contributed by atoms with E-state index in [2.05, 4.69) is 15.7 Å². The molecule has 1 heterocycles. The first-order valence-corrected chi connectivity index (χ1v) is 8.11. The molecule has 8 heteroatoms. The van der Waals surface area contributed by atoms with Crippen molar-refractivity contribution in [1.82, 2.24) is 15.1 Å². The van der Waals surface area contributed by atoms with Crippen LogP contribution in [0.2, 0.25) is 0 Å². The van der Waals surface area contributed by atoms with E-state index in [0.717, 1.165) is 16.8 Å². The third-order valence-electron chi connectivity index (χ3n) is 3.76. The normalized spacial score (nSPS) is 11.5. The van der Waals surface area contributed by atoms with Crippen molar-refractivity contribution in [3.63, 3.8) is 0 Å². The van der Waals surface area contributed by atoms with Crippen LogP contribution >= 0.6 is 0 Å². The van der Waals surface area contributed by atoms with Gasteiger partial charge in [0.2, 0.25) is 5.91 Å². The molecular formula is C18H22N4O4. The molecule has 0 aliphatic carbocycles. The van der Waals surface area contributed by atoms with Crippen molar-refractivity contribution in [2.75, 3.05) is 11.9 Å². The summed E-state index contributed by atoms with van der Waals surface area (Å²) in [6, 6.07) is 5.68. The first-order chi connectivity index (χ1) is 12.3. The minimum absolute atomic E-state index is 0.221. The molecule has 0 bridgehead atoms. The lowest BCUT2D eigenvalue weighted by Crippen LogP contribution is -2.40. The van der Waals surface area contributed by atoms with Gasteiger partial charge >= 0.3 is 5.97 Å². The zero-order chi connectivity index (χ0) is 19.3. The molecule has 0 saturated carbocycles. The van der Waals surface area contributed by atoms with Gasteiger partial charge in [-0.3, -0.25) is 14.3 Å². The number of nitrogens with zero attached hydrogens (tertiary/aromatic N) is 2. The molecule has 1 aromatic heterocycles. The number of carbonyl (C=O) groups excluding carboxylic acids is 3. The summed E-state index contributed by atoms with van der Waals surface area (Å²) in [5.74, 6) is -1.57. The van der Waals surface area contributed by atoms with Crippen LogP contribution in [-0.4, -0.2) is 40.2 Å². The van der Waals surface area contributed by atoms with E-state index in [0.29, 0.717) is 0 Å². The summed E-state index contributed by atoms with van der Waals surface area (Å²) in [6.45, 7) is 5.00. The average Bonchev–Trinajstić information content (AvgIpc) is 3.02. The van der Waals surface area contributed by atoms with Crippen LogP contribution < -0.4 is 10.6 Å². The van der Waals surface area contributed by atoms with E-state index in [1.54, 1.807) is 7.05 Å². The van der Waals surface area contributed by atoms with Gasteiger partial charge in [0.15, 0.2) is 6.10 Å². The molecule has 0 aliphatic rings. The second kappa shape index (κ2) is 8.28. The molecule has 0 saturated heterocycles. The van der Waals surface area contributed by atoms with E-state index in [9.17, 15) is 14.4 Å². The predicted molar refractivity (Wildman–Crippen MR) is 95.6 cm³/mol. The van der Waals surface area contributed by atoms with Gasteiger partial charge in [-0.05, 0) is 31.9 Å². The van der Waals surface area contributed by atoms with Gasteiger partial charge in [0.25, 0.3) is 5.91 Å². The molecule has 0 aliphatic heterocycles. The smallest absolute Gasteiger partial charge is 0.342 e. The number of ether oxygens (including phenoxy) is 1. The topological polar surface area (TPSA) is 102 Å². The van der Waals surface area contributed by atoms with Crippen LogP contribution in [0.4, 0.5) is 5.69 Å². The molecule has 0 fully saturated rings. The Kier molecular flexibility index (Phi) is 6.11. The maximum atomic E-state index is 12.0. The first kappa shape index (κ1) is 19.2. The van der Waals surface area contributed by atoms with Crippen molar-refractivity contribution >= 4 is 23.5 Å². The summed E-state index contributed by atoms with van der Waals surface area (Å²) >= 11 is 0. The summed E-state index contributed by atoms with van der Waals surface area (Å²) in [7, 11) is 1.67. The second-order valence-corrected chi connectivity index (χ2v) is 5.98. The number of esters is 1. The summed E-state index contributed by atoms with van der Waals surface area (Å²) in [5.41, 5.74) is 2.84. The monoisotopic (exact) mass is 358 g/mol. The summed E-state index contributed by atoms with van der Waals surface area (Å²) < 4.78 is 6.52. The first-order valence-electron chi connectivity index (χ1n) is 8.11. The number of nitrogens with one attached hydrogen (secondary N) is 2. The van der Waals surface area contributed by atoms with Crippen molar-refractivity contribution < 1.29 is 19.1 Å². The number of benzene rings is 1. The minimum Gasteiger partial charge on any atom is -0.449 e. The fraction of sp³-hybridized carbons (Fsp3) is 0.333. The molecule has 0 spiro atoms. The highest BCUT2D eigenvalue weighted by Crippen LogP contribution is 2.18. The van der Waals surface area contributed by atoms with Crippen molar-refractivity contribution in [3.05, 3.63) is 47.3 Å². The lowest BCUT2D eigenvalue weighted by molar-refractivity contribution is -0.130. The summed E-state index contributed by atoms with van der Waals surface area (Å²) in [5, 5.41) is 9.09. The van der Waals surface area contributed by atoms with Crippen molar-refractivity contribution in [2.24, 2.45) is 7.05 Å². The van der Waals surface area contributed by atoms with Gasteiger partial charge in [-0.1, -0.05) is 18.2 Å². The number of para-hydroxylation sites is 1. The van der Waals surface area contributed by atoms with Crippen molar-refractivity contribution in [2.45, 2.75) is 26.9 Å². The number of aryl methyl sites for hydroxylation is 3. The van der Waals surface area contributed by atoms with E-state index in [1.807, 2.05) is 32.0 Å². The maximum absolute atomic E-state index is 12.0. The van der Waals surface area contributed by atoms with E-state index in [4.69, 9.17) is 4.74 Å². The van der Waals surface area contributed by atoms with Crippen LogP contribution in [0.3, 0.4) is 0 Å². The van der Waals surface area contributed by atoms with Gasteiger partial charge in [-0.25, -0.2) is 4.79 Å². The van der Waals surface area contributed by atoms with Crippen molar-refractivity contribution in [3.8, 4) is 0 Å². The number of anilines is 1. The van der Waals surface area contributed by atoms with Crippen LogP contribution in [0.1, 0.15) is 28.4 Å². The van der Waals surface area contributed by atoms with Crippen LogP contribution in [0.5, 0.6) is 0 Å². The largest absolute Gasteiger partial charge is 0.449 e. The fourth-order valence-corrected chi connectivity index (χ4v) is 2.32. The van der Waals surface area contributed by atoms with E-state index in [1.165, 1.54) is 24.0 Å². The summed E-state index contributed by atoms with van der Waals surface area (Å²) in [6.07, 6.45) is 1.81. The molecule has 26 heavy (non-hydrogen) atoms. The van der Waals surface area contributed by atoms with E-state index < -0.39 is 18.0 Å². The maximum Gasteiger partial charge on any atom is 0.342 e. The molecule has 138 valence electrons. The molecule has 1 aromatic carbocycles. The van der Waals surface area contributed by atoms with Gasteiger partial charge in [0.1, 0.15) is 0 Å². The third kappa shape index (κ3) is 4.92. The Balaban J connectivity index is 1.83. The van der Waals surface area contributed by atoms with E-state index in [-0.39, 0.29) is 18.0 Å². The van der Waals surface area contributed by atoms with E-state index >= 15 is 0 Å². The number of hydrogen-bond acceptors (Lipinski definition) is 5. The van der Waals surface area contributed by atoms with Gasteiger partial charge < -0.3 is 15.4 Å². The Morgan fingerprint density at radius 3 is 2.46 bits per heavy atom. The predicted octanol–water partition coefficient (Wildman–Crippen LogP) is 1.34. The Hall–Kier alpha value is -3.16. The number of amides is 2. The van der Waals surface area contributed by atoms with Crippen LogP contribution in [-0.2, 0) is 21.4 Å². The van der Waals surface area contributed by atoms with Gasteiger partial charge in [-0.15, -0.1) is 0 Å².